The van der Waals surface area contributed by atoms with E-state index in [1.807, 2.05) is 6.07 Å². The zero-order valence-electron chi connectivity index (χ0n) is 11.4. The molecule has 0 bridgehead atoms. The molecule has 0 unspecified atom stereocenters. The van der Waals surface area contributed by atoms with Crippen molar-refractivity contribution in [2.45, 2.75) is 24.7 Å². The third-order valence-corrected chi connectivity index (χ3v) is 4.75. The first kappa shape index (κ1) is 16.4. The minimum Gasteiger partial charge on any atom is -0.170 e. The van der Waals surface area contributed by atoms with Gasteiger partial charge in [0.1, 0.15) is 0 Å². The Morgan fingerprint density at radius 1 is 0.826 bits per heavy atom. The Bertz CT molecular complexity index is 746. The topological polar surface area (TPSA) is 0 Å². The van der Waals surface area contributed by atoms with E-state index in [-0.39, 0.29) is 4.47 Å². The van der Waals surface area contributed by atoms with E-state index in [9.17, 15) is 26.3 Å². The van der Waals surface area contributed by atoms with Crippen LogP contribution >= 0.6 is 15.9 Å². The molecule has 0 amide bonds. The maximum Gasteiger partial charge on any atom is 0.404 e. The van der Waals surface area contributed by atoms with Crippen LogP contribution in [-0.2, 0) is 6.42 Å². The van der Waals surface area contributed by atoms with Gasteiger partial charge in [-0.25, -0.2) is 0 Å². The minimum atomic E-state index is -5.41. The Morgan fingerprint density at radius 3 is 2.04 bits per heavy atom. The molecule has 0 aliphatic heterocycles. The fourth-order valence-electron chi connectivity index (χ4n) is 2.96. The lowest BCUT2D eigenvalue weighted by Gasteiger charge is -2.25. The van der Waals surface area contributed by atoms with Crippen molar-refractivity contribution >= 4 is 15.9 Å². The first-order chi connectivity index (χ1) is 10.6. The molecular weight excluding hydrogens is 386 g/mol. The second-order valence-corrected chi connectivity index (χ2v) is 6.15. The zero-order valence-corrected chi connectivity index (χ0v) is 13.0. The number of fused-ring (bicyclic) bond motifs is 3. The van der Waals surface area contributed by atoms with E-state index in [4.69, 9.17) is 0 Å². The lowest BCUT2D eigenvalue weighted by molar-refractivity contribution is -0.253. The predicted octanol–water partition coefficient (Wildman–Crippen LogP) is 6.23. The molecule has 23 heavy (non-hydrogen) atoms. The van der Waals surface area contributed by atoms with Crippen LogP contribution in [0.5, 0.6) is 0 Å². The van der Waals surface area contributed by atoms with Gasteiger partial charge in [-0.2, -0.15) is 26.3 Å². The number of halogens is 7. The number of alkyl halides is 6. The molecule has 0 aromatic heterocycles. The Labute approximate surface area is 136 Å². The van der Waals surface area contributed by atoms with Gasteiger partial charge in [-0.1, -0.05) is 36.4 Å². The van der Waals surface area contributed by atoms with Gasteiger partial charge >= 0.3 is 12.4 Å². The van der Waals surface area contributed by atoms with Gasteiger partial charge < -0.3 is 0 Å². The monoisotopic (exact) mass is 394 g/mol. The smallest absolute Gasteiger partial charge is 0.170 e. The molecule has 1 aliphatic rings. The maximum atomic E-state index is 13.0. The molecule has 0 N–H and O–H groups in total. The minimum absolute atomic E-state index is 0.139. The lowest BCUT2D eigenvalue weighted by Crippen LogP contribution is -2.34. The lowest BCUT2D eigenvalue weighted by atomic mass is 9.93. The van der Waals surface area contributed by atoms with Crippen LogP contribution in [0.15, 0.2) is 40.9 Å². The summed E-state index contributed by atoms with van der Waals surface area (Å²) in [6.07, 6.45) is -10.3. The van der Waals surface area contributed by atoms with Crippen molar-refractivity contribution in [2.75, 3.05) is 0 Å². The van der Waals surface area contributed by atoms with Gasteiger partial charge in [-0.3, -0.25) is 0 Å². The van der Waals surface area contributed by atoms with Crippen molar-refractivity contribution in [3.8, 4) is 11.1 Å². The predicted molar refractivity (Wildman–Crippen MR) is 77.2 cm³/mol. The van der Waals surface area contributed by atoms with Gasteiger partial charge in [-0.15, -0.1) is 0 Å². The molecule has 7 heteroatoms. The van der Waals surface area contributed by atoms with Crippen LogP contribution in [0.3, 0.4) is 0 Å². The van der Waals surface area contributed by atoms with Crippen molar-refractivity contribution in [1.29, 1.82) is 0 Å². The van der Waals surface area contributed by atoms with Crippen LogP contribution in [0.2, 0.25) is 0 Å². The van der Waals surface area contributed by atoms with E-state index in [1.165, 1.54) is 6.07 Å². The Hall–Kier alpha value is -1.50. The summed E-state index contributed by atoms with van der Waals surface area (Å²) >= 11 is 2.99. The molecule has 0 heterocycles. The highest BCUT2D eigenvalue weighted by molar-refractivity contribution is 9.10. The maximum absolute atomic E-state index is 13.0. The fraction of sp³-hybridized carbons (Fsp3) is 0.250. The molecule has 122 valence electrons. The number of hydrogen-bond donors (Lipinski definition) is 0. The molecule has 1 aliphatic carbocycles. The number of rotatable bonds is 1. The standard InChI is InChI=1S/C16H9BrF6/c17-13-11(14(15(18,19)20)16(21,22)23)6-5-9-7-8-3-1-2-4-10(8)12(9)13/h1-6,14H,7H2. The van der Waals surface area contributed by atoms with Crippen molar-refractivity contribution in [3.63, 3.8) is 0 Å². The molecule has 0 saturated heterocycles. The molecule has 0 nitrogen and oxygen atoms in total. The normalized spacial score (nSPS) is 14.1. The number of hydrogen-bond acceptors (Lipinski definition) is 0. The van der Waals surface area contributed by atoms with Crippen LogP contribution in [0, 0.1) is 0 Å². The van der Waals surface area contributed by atoms with Crippen LogP contribution in [0.1, 0.15) is 22.6 Å². The summed E-state index contributed by atoms with van der Waals surface area (Å²) in [6, 6.07) is 9.27. The molecule has 0 saturated carbocycles. The first-order valence-corrected chi connectivity index (χ1v) is 7.43. The second kappa shape index (κ2) is 5.26. The highest BCUT2D eigenvalue weighted by Crippen LogP contribution is 2.51. The first-order valence-electron chi connectivity index (χ1n) is 6.63. The summed E-state index contributed by atoms with van der Waals surface area (Å²) in [5, 5.41) is 0. The van der Waals surface area contributed by atoms with Crippen LogP contribution in [0.4, 0.5) is 26.3 Å². The van der Waals surface area contributed by atoms with Gasteiger partial charge in [0, 0.05) is 4.47 Å². The van der Waals surface area contributed by atoms with Gasteiger partial charge in [-0.05, 0) is 50.2 Å². The van der Waals surface area contributed by atoms with Gasteiger partial charge in [0.2, 0.25) is 0 Å². The van der Waals surface area contributed by atoms with Crippen LogP contribution < -0.4 is 0 Å². The summed E-state index contributed by atoms with van der Waals surface area (Å²) < 4.78 is 77.8. The van der Waals surface area contributed by atoms with Gasteiger partial charge in [0.25, 0.3) is 0 Å². The molecule has 2 aromatic rings. The van der Waals surface area contributed by atoms with Gasteiger partial charge in [0.05, 0.1) is 0 Å². The van der Waals surface area contributed by atoms with Crippen molar-refractivity contribution in [3.05, 3.63) is 57.6 Å². The van der Waals surface area contributed by atoms with Gasteiger partial charge in [0.15, 0.2) is 5.92 Å². The third kappa shape index (κ3) is 2.75. The third-order valence-electron chi connectivity index (χ3n) is 3.89. The van der Waals surface area contributed by atoms with E-state index in [2.05, 4.69) is 15.9 Å². The van der Waals surface area contributed by atoms with E-state index < -0.39 is 23.8 Å². The average molecular weight is 395 g/mol. The zero-order chi connectivity index (χ0) is 17.0. The van der Waals surface area contributed by atoms with E-state index >= 15 is 0 Å². The fourth-order valence-corrected chi connectivity index (χ4v) is 3.78. The Morgan fingerprint density at radius 2 is 1.43 bits per heavy atom. The van der Waals surface area contributed by atoms with Crippen molar-refractivity contribution in [1.82, 2.24) is 0 Å². The SMILES string of the molecule is FC(F)(F)C(c1ccc2c(c1Br)-c1ccccc1C2)C(F)(F)F. The van der Waals surface area contributed by atoms with E-state index in [0.29, 0.717) is 23.1 Å². The molecule has 0 fully saturated rings. The van der Waals surface area contributed by atoms with Crippen molar-refractivity contribution < 1.29 is 26.3 Å². The molecular formula is C16H9BrF6. The molecule has 0 radical (unpaired) electrons. The average Bonchev–Trinajstić information content (AvgIpc) is 2.78. The quantitative estimate of drug-likeness (QED) is 0.429. The highest BCUT2D eigenvalue weighted by atomic mass is 79.9. The largest absolute Gasteiger partial charge is 0.404 e. The Balaban J connectivity index is 2.22. The second-order valence-electron chi connectivity index (χ2n) is 5.35. The van der Waals surface area contributed by atoms with Crippen LogP contribution in [0.25, 0.3) is 11.1 Å². The summed E-state index contributed by atoms with van der Waals surface area (Å²) in [5.41, 5.74) is 1.87. The molecule has 3 rings (SSSR count). The van der Waals surface area contributed by atoms with E-state index in [0.717, 1.165) is 11.6 Å². The van der Waals surface area contributed by atoms with E-state index in [1.54, 1.807) is 18.2 Å². The number of benzene rings is 2. The molecule has 0 atom stereocenters. The summed E-state index contributed by atoms with van der Waals surface area (Å²) in [7, 11) is 0. The highest BCUT2D eigenvalue weighted by Gasteiger charge is 2.58. The van der Waals surface area contributed by atoms with Crippen molar-refractivity contribution in [2.24, 2.45) is 0 Å². The Kier molecular flexibility index (Phi) is 3.74. The molecule has 2 aromatic carbocycles. The summed E-state index contributed by atoms with van der Waals surface area (Å²) in [4.78, 5) is 0. The van der Waals surface area contributed by atoms with Crippen LogP contribution in [-0.4, -0.2) is 12.4 Å². The summed E-state index contributed by atoms with van der Waals surface area (Å²) in [5.74, 6) is -3.51. The summed E-state index contributed by atoms with van der Waals surface area (Å²) in [6.45, 7) is 0. The molecule has 0 spiro atoms.